The van der Waals surface area contributed by atoms with Crippen LogP contribution >= 0.6 is 0 Å². The van der Waals surface area contributed by atoms with E-state index in [9.17, 15) is 4.79 Å². The molecule has 0 radical (unpaired) electrons. The average molecular weight is 216 g/mol. The number of amides is 1. The number of nitrogens with zero attached hydrogens (tertiary/aromatic N) is 1. The standard InChI is InChI=1S/C12H12N2O2/c1-3-13-14-12(15)11-8(2)9-6-4-5-7-10(9)16-11/h3-7H,1-2H3,(H,14,15)/b13-3+. The summed E-state index contributed by atoms with van der Waals surface area (Å²) in [5.41, 5.74) is 3.93. The third-order valence-corrected chi connectivity index (χ3v) is 2.35. The maximum Gasteiger partial charge on any atom is 0.307 e. The SMILES string of the molecule is C/C=N/NC(=O)c1oc2ccccc2c1C. The summed E-state index contributed by atoms with van der Waals surface area (Å²) >= 11 is 0. The molecule has 4 heteroatoms. The highest BCUT2D eigenvalue weighted by molar-refractivity contribution is 5.98. The molecule has 1 aromatic heterocycles. The van der Waals surface area contributed by atoms with Gasteiger partial charge in [-0.2, -0.15) is 5.10 Å². The van der Waals surface area contributed by atoms with E-state index < -0.39 is 0 Å². The van der Waals surface area contributed by atoms with E-state index in [2.05, 4.69) is 10.5 Å². The molecule has 1 N–H and O–H groups in total. The molecule has 1 heterocycles. The van der Waals surface area contributed by atoms with Crippen LogP contribution in [0.5, 0.6) is 0 Å². The van der Waals surface area contributed by atoms with Gasteiger partial charge in [0.2, 0.25) is 0 Å². The number of rotatable bonds is 2. The molecule has 0 saturated carbocycles. The first kappa shape index (κ1) is 10.4. The Hall–Kier alpha value is -2.10. The number of fused-ring (bicyclic) bond motifs is 1. The first-order valence-electron chi connectivity index (χ1n) is 5.00. The lowest BCUT2D eigenvalue weighted by molar-refractivity contribution is 0.0928. The number of carbonyl (C=O) groups is 1. The maximum absolute atomic E-state index is 11.7. The number of hydrogen-bond acceptors (Lipinski definition) is 3. The largest absolute Gasteiger partial charge is 0.451 e. The van der Waals surface area contributed by atoms with Crippen LogP contribution in [0.4, 0.5) is 0 Å². The molecule has 82 valence electrons. The second kappa shape index (κ2) is 4.18. The molecule has 2 rings (SSSR count). The Morgan fingerprint density at radius 3 is 2.88 bits per heavy atom. The van der Waals surface area contributed by atoms with Crippen molar-refractivity contribution >= 4 is 23.1 Å². The maximum atomic E-state index is 11.7. The molecule has 0 bridgehead atoms. The molecular weight excluding hydrogens is 204 g/mol. The van der Waals surface area contributed by atoms with Gasteiger partial charge >= 0.3 is 5.91 Å². The molecule has 0 aliphatic carbocycles. The third kappa shape index (κ3) is 1.69. The normalized spacial score (nSPS) is 11.1. The fourth-order valence-corrected chi connectivity index (χ4v) is 1.56. The van der Waals surface area contributed by atoms with Gasteiger partial charge < -0.3 is 4.42 Å². The van der Waals surface area contributed by atoms with Gasteiger partial charge in [-0.3, -0.25) is 4.79 Å². The molecular formula is C12H12N2O2. The smallest absolute Gasteiger partial charge is 0.307 e. The van der Waals surface area contributed by atoms with Gasteiger partial charge in [-0.05, 0) is 19.9 Å². The van der Waals surface area contributed by atoms with Crippen LogP contribution in [-0.2, 0) is 0 Å². The molecule has 4 nitrogen and oxygen atoms in total. The minimum atomic E-state index is -0.327. The van der Waals surface area contributed by atoms with Crippen LogP contribution in [0.1, 0.15) is 23.0 Å². The molecule has 0 unspecified atom stereocenters. The van der Waals surface area contributed by atoms with E-state index in [0.717, 1.165) is 10.9 Å². The highest BCUT2D eigenvalue weighted by Crippen LogP contribution is 2.24. The first-order valence-corrected chi connectivity index (χ1v) is 5.00. The van der Waals surface area contributed by atoms with Crippen molar-refractivity contribution in [2.75, 3.05) is 0 Å². The van der Waals surface area contributed by atoms with Gasteiger partial charge in [0.1, 0.15) is 5.58 Å². The Morgan fingerprint density at radius 1 is 1.44 bits per heavy atom. The molecule has 16 heavy (non-hydrogen) atoms. The van der Waals surface area contributed by atoms with Gasteiger partial charge in [-0.1, -0.05) is 18.2 Å². The number of carbonyl (C=O) groups excluding carboxylic acids is 1. The Balaban J connectivity index is 2.45. The Morgan fingerprint density at radius 2 is 2.19 bits per heavy atom. The van der Waals surface area contributed by atoms with E-state index in [1.54, 1.807) is 6.92 Å². The lowest BCUT2D eigenvalue weighted by atomic mass is 10.1. The van der Waals surface area contributed by atoms with Gasteiger partial charge in [0.25, 0.3) is 0 Å². The van der Waals surface area contributed by atoms with Crippen molar-refractivity contribution in [2.45, 2.75) is 13.8 Å². The first-order chi connectivity index (χ1) is 7.74. The fraction of sp³-hybridized carbons (Fsp3) is 0.167. The van der Waals surface area contributed by atoms with Crippen LogP contribution < -0.4 is 5.43 Å². The predicted octanol–water partition coefficient (Wildman–Crippen LogP) is 2.48. The van der Waals surface area contributed by atoms with Crippen LogP contribution in [0.3, 0.4) is 0 Å². The number of nitrogens with one attached hydrogen (secondary N) is 1. The fourth-order valence-electron chi connectivity index (χ4n) is 1.56. The summed E-state index contributed by atoms with van der Waals surface area (Å²) in [7, 11) is 0. The van der Waals surface area contributed by atoms with Crippen molar-refractivity contribution < 1.29 is 9.21 Å². The van der Waals surface area contributed by atoms with E-state index in [1.165, 1.54) is 6.21 Å². The average Bonchev–Trinajstić information content (AvgIpc) is 2.64. The van der Waals surface area contributed by atoms with Gasteiger partial charge in [0.15, 0.2) is 5.76 Å². The second-order valence-corrected chi connectivity index (χ2v) is 3.38. The van der Waals surface area contributed by atoms with Crippen molar-refractivity contribution in [3.05, 3.63) is 35.6 Å². The third-order valence-electron chi connectivity index (χ3n) is 2.35. The van der Waals surface area contributed by atoms with Gasteiger partial charge in [0, 0.05) is 17.2 Å². The van der Waals surface area contributed by atoms with Crippen LogP contribution in [0.2, 0.25) is 0 Å². The number of furan rings is 1. The number of aryl methyl sites for hydroxylation is 1. The van der Waals surface area contributed by atoms with Gasteiger partial charge in [-0.25, -0.2) is 5.43 Å². The predicted molar refractivity (Wildman–Crippen MR) is 62.6 cm³/mol. The molecule has 0 aliphatic rings. The summed E-state index contributed by atoms with van der Waals surface area (Å²) in [4.78, 5) is 11.7. The summed E-state index contributed by atoms with van der Waals surface area (Å²) < 4.78 is 5.47. The summed E-state index contributed by atoms with van der Waals surface area (Å²) in [5.74, 6) is -0.0152. The lowest BCUT2D eigenvalue weighted by Crippen LogP contribution is -2.17. The summed E-state index contributed by atoms with van der Waals surface area (Å²) in [6.07, 6.45) is 1.51. The van der Waals surface area contributed by atoms with Crippen LogP contribution in [0.25, 0.3) is 11.0 Å². The van der Waals surface area contributed by atoms with Crippen molar-refractivity contribution in [3.63, 3.8) is 0 Å². The molecule has 2 aromatic rings. The van der Waals surface area contributed by atoms with Crippen molar-refractivity contribution in [2.24, 2.45) is 5.10 Å². The Bertz CT molecular complexity index is 555. The molecule has 0 spiro atoms. The van der Waals surface area contributed by atoms with E-state index in [0.29, 0.717) is 11.3 Å². The molecule has 0 atom stereocenters. The van der Waals surface area contributed by atoms with E-state index >= 15 is 0 Å². The summed E-state index contributed by atoms with van der Waals surface area (Å²) in [6.45, 7) is 3.59. The lowest BCUT2D eigenvalue weighted by Gasteiger charge is -1.95. The number of para-hydroxylation sites is 1. The molecule has 0 aliphatic heterocycles. The highest BCUT2D eigenvalue weighted by atomic mass is 16.3. The Labute approximate surface area is 92.9 Å². The van der Waals surface area contributed by atoms with Crippen molar-refractivity contribution in [1.82, 2.24) is 5.43 Å². The second-order valence-electron chi connectivity index (χ2n) is 3.38. The van der Waals surface area contributed by atoms with Crippen LogP contribution in [0, 0.1) is 6.92 Å². The van der Waals surface area contributed by atoms with Crippen molar-refractivity contribution in [1.29, 1.82) is 0 Å². The summed E-state index contributed by atoms with van der Waals surface area (Å²) in [6, 6.07) is 7.55. The van der Waals surface area contributed by atoms with E-state index in [4.69, 9.17) is 4.42 Å². The quantitative estimate of drug-likeness (QED) is 0.619. The highest BCUT2D eigenvalue weighted by Gasteiger charge is 2.16. The van der Waals surface area contributed by atoms with Crippen molar-refractivity contribution in [3.8, 4) is 0 Å². The number of benzene rings is 1. The molecule has 1 amide bonds. The monoisotopic (exact) mass is 216 g/mol. The zero-order chi connectivity index (χ0) is 11.5. The van der Waals surface area contributed by atoms with E-state index in [1.807, 2.05) is 31.2 Å². The minimum Gasteiger partial charge on any atom is -0.451 e. The van der Waals surface area contributed by atoms with Gasteiger partial charge in [0.05, 0.1) is 0 Å². The summed E-state index contributed by atoms with van der Waals surface area (Å²) in [5, 5.41) is 4.63. The van der Waals surface area contributed by atoms with Gasteiger partial charge in [-0.15, -0.1) is 0 Å². The molecule has 1 aromatic carbocycles. The minimum absolute atomic E-state index is 0.312. The number of hydrogen-bond donors (Lipinski definition) is 1. The number of hydrazone groups is 1. The zero-order valence-corrected chi connectivity index (χ0v) is 9.15. The molecule has 0 fully saturated rings. The molecule has 0 saturated heterocycles. The van der Waals surface area contributed by atoms with Crippen LogP contribution in [0.15, 0.2) is 33.8 Å². The van der Waals surface area contributed by atoms with Crippen LogP contribution in [-0.4, -0.2) is 12.1 Å². The zero-order valence-electron chi connectivity index (χ0n) is 9.15. The van der Waals surface area contributed by atoms with E-state index in [-0.39, 0.29) is 5.91 Å². The Kier molecular flexibility index (Phi) is 2.72. The topological polar surface area (TPSA) is 54.6 Å².